The Hall–Kier alpha value is 0.110. The van der Waals surface area contributed by atoms with Gasteiger partial charge in [0.1, 0.15) is 5.82 Å². The van der Waals surface area contributed by atoms with Crippen LogP contribution in [-0.4, -0.2) is 5.33 Å². The molecule has 0 heterocycles. The molecule has 1 aromatic rings. The minimum absolute atomic E-state index is 0.110. The number of halogens is 3. The van der Waals surface area contributed by atoms with Gasteiger partial charge in [-0.05, 0) is 36.5 Å². The number of benzene rings is 1. The first-order valence-corrected chi connectivity index (χ1v) is 6.55. The van der Waals surface area contributed by atoms with Gasteiger partial charge in [-0.25, -0.2) is 4.39 Å². The van der Waals surface area contributed by atoms with Crippen molar-refractivity contribution < 1.29 is 4.39 Å². The Balaban J connectivity index is 2.59. The van der Waals surface area contributed by atoms with E-state index in [4.69, 9.17) is 0 Å². The SMILES string of the molecule is CC(CBr)CCc1ccc(Br)cc1F. The molecular weight excluding hydrogens is 311 g/mol. The molecule has 0 bridgehead atoms. The van der Waals surface area contributed by atoms with Crippen LogP contribution >= 0.6 is 31.9 Å². The molecule has 0 saturated carbocycles. The second-order valence-electron chi connectivity index (χ2n) is 3.53. The standard InChI is InChI=1S/C11H13Br2F/c1-8(7-12)2-3-9-4-5-10(13)6-11(9)14/h4-6,8H,2-3,7H2,1H3. The second kappa shape index (κ2) is 5.86. The molecule has 0 amide bonds. The molecule has 0 nitrogen and oxygen atoms in total. The van der Waals surface area contributed by atoms with Crippen LogP contribution in [0.1, 0.15) is 18.9 Å². The molecular formula is C11H13Br2F. The van der Waals surface area contributed by atoms with Gasteiger partial charge in [0.2, 0.25) is 0 Å². The molecule has 1 atom stereocenters. The third-order valence-corrected chi connectivity index (χ3v) is 3.78. The third kappa shape index (κ3) is 3.70. The Morgan fingerprint density at radius 2 is 2.14 bits per heavy atom. The lowest BCUT2D eigenvalue weighted by molar-refractivity contribution is 0.565. The molecule has 0 spiro atoms. The average molecular weight is 324 g/mol. The van der Waals surface area contributed by atoms with Gasteiger partial charge >= 0.3 is 0 Å². The summed E-state index contributed by atoms with van der Waals surface area (Å²) in [7, 11) is 0. The largest absolute Gasteiger partial charge is 0.207 e. The first-order chi connectivity index (χ1) is 6.63. The van der Waals surface area contributed by atoms with Crippen LogP contribution in [0, 0.1) is 11.7 Å². The van der Waals surface area contributed by atoms with E-state index in [2.05, 4.69) is 38.8 Å². The summed E-state index contributed by atoms with van der Waals surface area (Å²) in [5.41, 5.74) is 0.806. The van der Waals surface area contributed by atoms with E-state index in [1.54, 1.807) is 0 Å². The maximum atomic E-state index is 13.4. The Labute approximate surface area is 101 Å². The summed E-state index contributed by atoms with van der Waals surface area (Å²) < 4.78 is 14.2. The molecule has 0 N–H and O–H groups in total. The highest BCUT2D eigenvalue weighted by molar-refractivity contribution is 9.10. The Kier molecular flexibility index (Phi) is 5.10. The number of hydrogen-bond acceptors (Lipinski definition) is 0. The fourth-order valence-corrected chi connectivity index (χ4v) is 1.86. The molecule has 1 aromatic carbocycles. The van der Waals surface area contributed by atoms with E-state index in [9.17, 15) is 4.39 Å². The van der Waals surface area contributed by atoms with Crippen LogP contribution in [0.4, 0.5) is 4.39 Å². The number of rotatable bonds is 4. The van der Waals surface area contributed by atoms with Gasteiger partial charge in [0, 0.05) is 9.80 Å². The lowest BCUT2D eigenvalue weighted by atomic mass is 10.0. The lowest BCUT2D eigenvalue weighted by Gasteiger charge is -2.08. The van der Waals surface area contributed by atoms with Crippen LogP contribution in [0.25, 0.3) is 0 Å². The topological polar surface area (TPSA) is 0 Å². The maximum absolute atomic E-state index is 13.4. The van der Waals surface area contributed by atoms with Crippen molar-refractivity contribution in [1.29, 1.82) is 0 Å². The van der Waals surface area contributed by atoms with E-state index in [0.717, 1.165) is 28.2 Å². The average Bonchev–Trinajstić information content (AvgIpc) is 2.16. The number of hydrogen-bond donors (Lipinski definition) is 0. The fraction of sp³-hybridized carbons (Fsp3) is 0.455. The molecule has 78 valence electrons. The molecule has 14 heavy (non-hydrogen) atoms. The summed E-state index contributed by atoms with van der Waals surface area (Å²) in [5, 5.41) is 0.977. The van der Waals surface area contributed by atoms with Crippen LogP contribution in [-0.2, 0) is 6.42 Å². The van der Waals surface area contributed by atoms with Gasteiger partial charge in [-0.15, -0.1) is 0 Å². The van der Waals surface area contributed by atoms with E-state index >= 15 is 0 Å². The van der Waals surface area contributed by atoms with Crippen molar-refractivity contribution >= 4 is 31.9 Å². The quantitative estimate of drug-likeness (QED) is 0.713. The minimum atomic E-state index is -0.110. The second-order valence-corrected chi connectivity index (χ2v) is 5.10. The highest BCUT2D eigenvalue weighted by Gasteiger charge is 2.05. The first kappa shape index (κ1) is 12.2. The predicted molar refractivity (Wildman–Crippen MR) is 65.4 cm³/mol. The minimum Gasteiger partial charge on any atom is -0.207 e. The fourth-order valence-electron chi connectivity index (χ4n) is 1.20. The van der Waals surface area contributed by atoms with Crippen molar-refractivity contribution in [3.05, 3.63) is 34.1 Å². The van der Waals surface area contributed by atoms with Gasteiger partial charge in [-0.2, -0.15) is 0 Å². The highest BCUT2D eigenvalue weighted by atomic mass is 79.9. The van der Waals surface area contributed by atoms with E-state index in [0.29, 0.717) is 5.92 Å². The summed E-state index contributed by atoms with van der Waals surface area (Å²) in [4.78, 5) is 0. The number of aryl methyl sites for hydroxylation is 1. The van der Waals surface area contributed by atoms with Crippen molar-refractivity contribution in [3.8, 4) is 0 Å². The van der Waals surface area contributed by atoms with Gasteiger partial charge in [0.05, 0.1) is 0 Å². The molecule has 0 saturated heterocycles. The molecule has 0 aliphatic carbocycles. The molecule has 0 aromatic heterocycles. The monoisotopic (exact) mass is 322 g/mol. The molecule has 0 fully saturated rings. The molecule has 1 rings (SSSR count). The third-order valence-electron chi connectivity index (χ3n) is 2.18. The zero-order chi connectivity index (χ0) is 10.6. The highest BCUT2D eigenvalue weighted by Crippen LogP contribution is 2.18. The molecule has 1 unspecified atom stereocenters. The van der Waals surface area contributed by atoms with Crippen molar-refractivity contribution in [2.45, 2.75) is 19.8 Å². The van der Waals surface area contributed by atoms with E-state index in [1.165, 1.54) is 6.07 Å². The summed E-state index contributed by atoms with van der Waals surface area (Å²) >= 11 is 6.66. The van der Waals surface area contributed by atoms with E-state index < -0.39 is 0 Å². The molecule has 3 heteroatoms. The Bertz CT molecular complexity index is 299. The number of alkyl halides is 1. The Morgan fingerprint density at radius 1 is 1.43 bits per heavy atom. The molecule has 0 aliphatic heterocycles. The van der Waals surface area contributed by atoms with Gasteiger partial charge in [-0.1, -0.05) is 44.8 Å². The van der Waals surface area contributed by atoms with Gasteiger partial charge in [-0.3, -0.25) is 0 Å². The zero-order valence-electron chi connectivity index (χ0n) is 8.06. The Morgan fingerprint density at radius 3 is 2.71 bits per heavy atom. The van der Waals surface area contributed by atoms with Crippen molar-refractivity contribution in [3.63, 3.8) is 0 Å². The van der Waals surface area contributed by atoms with E-state index in [1.807, 2.05) is 12.1 Å². The van der Waals surface area contributed by atoms with Gasteiger partial charge in [0.15, 0.2) is 0 Å². The van der Waals surface area contributed by atoms with Crippen LogP contribution in [0.2, 0.25) is 0 Å². The van der Waals surface area contributed by atoms with Crippen molar-refractivity contribution in [2.24, 2.45) is 5.92 Å². The summed E-state index contributed by atoms with van der Waals surface area (Å²) in [6.07, 6.45) is 1.83. The first-order valence-electron chi connectivity index (χ1n) is 4.63. The molecule has 0 radical (unpaired) electrons. The van der Waals surface area contributed by atoms with Crippen LogP contribution < -0.4 is 0 Å². The normalized spacial score (nSPS) is 12.9. The predicted octanol–water partition coefficient (Wildman–Crippen LogP) is 4.55. The smallest absolute Gasteiger partial charge is 0.127 e. The summed E-state index contributed by atoms with van der Waals surface area (Å²) in [6.45, 7) is 2.16. The van der Waals surface area contributed by atoms with Crippen LogP contribution in [0.15, 0.2) is 22.7 Å². The zero-order valence-corrected chi connectivity index (χ0v) is 11.2. The van der Waals surface area contributed by atoms with Gasteiger partial charge in [0.25, 0.3) is 0 Å². The van der Waals surface area contributed by atoms with Gasteiger partial charge < -0.3 is 0 Å². The summed E-state index contributed by atoms with van der Waals surface area (Å²) in [6, 6.07) is 5.26. The van der Waals surface area contributed by atoms with Crippen molar-refractivity contribution in [1.82, 2.24) is 0 Å². The molecule has 0 aliphatic rings. The van der Waals surface area contributed by atoms with E-state index in [-0.39, 0.29) is 5.82 Å². The summed E-state index contributed by atoms with van der Waals surface area (Å²) in [5.74, 6) is 0.485. The lowest BCUT2D eigenvalue weighted by Crippen LogP contribution is -1.99. The van der Waals surface area contributed by atoms with Crippen LogP contribution in [0.3, 0.4) is 0 Å². The van der Waals surface area contributed by atoms with Crippen LogP contribution in [0.5, 0.6) is 0 Å². The maximum Gasteiger partial charge on any atom is 0.127 e. The van der Waals surface area contributed by atoms with Crippen molar-refractivity contribution in [2.75, 3.05) is 5.33 Å².